The van der Waals surface area contributed by atoms with Gasteiger partial charge >= 0.3 is 0 Å². The number of fused-ring (bicyclic) bond motifs is 2. The molecule has 0 saturated carbocycles. The topological polar surface area (TPSA) is 114 Å². The molecule has 1 aromatic heterocycles. The maximum absolute atomic E-state index is 13.5. The fourth-order valence-corrected chi connectivity index (χ4v) is 5.87. The number of carbonyl (C=O) groups is 3. The van der Waals surface area contributed by atoms with E-state index < -0.39 is 5.72 Å². The number of pyridine rings is 1. The van der Waals surface area contributed by atoms with Crippen LogP contribution in [0.4, 0.5) is 5.69 Å². The van der Waals surface area contributed by atoms with Crippen LogP contribution in [0.5, 0.6) is 17.2 Å². The van der Waals surface area contributed by atoms with Gasteiger partial charge in [0.1, 0.15) is 28.5 Å². The minimum absolute atomic E-state index is 0.0781. The smallest absolute Gasteiger partial charge is 0.272 e. The number of piperazine rings is 1. The van der Waals surface area contributed by atoms with E-state index in [-0.39, 0.29) is 23.4 Å². The molecule has 1 spiro atoms. The average Bonchev–Trinajstić information content (AvgIpc) is 3.00. The lowest BCUT2D eigenvalue weighted by atomic mass is 9.96. The Morgan fingerprint density at radius 1 is 0.927 bits per heavy atom. The molecule has 214 valence electrons. The molecule has 2 fully saturated rings. The minimum Gasteiger partial charge on any atom is -0.496 e. The van der Waals surface area contributed by atoms with Crippen molar-refractivity contribution in [3.8, 4) is 17.2 Å². The number of anilines is 1. The van der Waals surface area contributed by atoms with Gasteiger partial charge in [-0.3, -0.25) is 14.4 Å². The third-order valence-corrected chi connectivity index (χ3v) is 8.23. The van der Waals surface area contributed by atoms with Crippen molar-refractivity contribution in [3.63, 3.8) is 0 Å². The van der Waals surface area contributed by atoms with Crippen LogP contribution in [0.3, 0.4) is 0 Å². The highest BCUT2D eigenvalue weighted by molar-refractivity contribution is 6.00. The predicted octanol–water partition coefficient (Wildman–Crippen LogP) is 2.68. The van der Waals surface area contributed by atoms with Gasteiger partial charge in [0, 0.05) is 76.2 Å². The number of nitrogens with zero attached hydrogens (tertiary/aromatic N) is 4. The van der Waals surface area contributed by atoms with Crippen molar-refractivity contribution in [2.75, 3.05) is 58.4 Å². The monoisotopic (exact) mass is 559 g/mol. The molecule has 4 heterocycles. The summed E-state index contributed by atoms with van der Waals surface area (Å²) >= 11 is 0. The molecular weight excluding hydrogens is 526 g/mol. The second kappa shape index (κ2) is 10.5. The van der Waals surface area contributed by atoms with E-state index >= 15 is 0 Å². The quantitative estimate of drug-likeness (QED) is 0.519. The van der Waals surface area contributed by atoms with Crippen LogP contribution in [-0.2, 0) is 4.79 Å². The summed E-state index contributed by atoms with van der Waals surface area (Å²) in [5, 5.41) is 3.84. The Balaban J connectivity index is 1.15. The van der Waals surface area contributed by atoms with E-state index in [4.69, 9.17) is 14.2 Å². The third kappa shape index (κ3) is 4.85. The van der Waals surface area contributed by atoms with Gasteiger partial charge in [0.05, 0.1) is 19.8 Å². The second-order valence-electron chi connectivity index (χ2n) is 10.6. The van der Waals surface area contributed by atoms with Crippen molar-refractivity contribution in [2.24, 2.45) is 0 Å². The fraction of sp³-hybridized carbons (Fsp3) is 0.400. The number of para-hydroxylation sites is 1. The van der Waals surface area contributed by atoms with Gasteiger partial charge in [-0.1, -0.05) is 6.07 Å². The summed E-state index contributed by atoms with van der Waals surface area (Å²) in [4.78, 5) is 48.7. The van der Waals surface area contributed by atoms with Gasteiger partial charge in [-0.15, -0.1) is 0 Å². The summed E-state index contributed by atoms with van der Waals surface area (Å²) in [6.45, 7) is 5.09. The first-order chi connectivity index (χ1) is 19.8. The van der Waals surface area contributed by atoms with Crippen molar-refractivity contribution >= 4 is 34.3 Å². The van der Waals surface area contributed by atoms with Crippen LogP contribution in [0.15, 0.2) is 42.5 Å². The van der Waals surface area contributed by atoms with Gasteiger partial charge < -0.3 is 34.2 Å². The van der Waals surface area contributed by atoms with E-state index in [9.17, 15) is 14.4 Å². The van der Waals surface area contributed by atoms with Gasteiger partial charge in [0.25, 0.3) is 11.8 Å². The zero-order chi connectivity index (χ0) is 28.7. The minimum atomic E-state index is -0.882. The highest BCUT2D eigenvalue weighted by Gasteiger charge is 2.43. The Morgan fingerprint density at radius 3 is 2.34 bits per heavy atom. The van der Waals surface area contributed by atoms with Crippen molar-refractivity contribution in [3.05, 3.63) is 53.7 Å². The van der Waals surface area contributed by atoms with E-state index in [1.54, 1.807) is 38.2 Å². The number of methoxy groups -OCH3 is 2. The lowest BCUT2D eigenvalue weighted by Crippen LogP contribution is -2.61. The maximum Gasteiger partial charge on any atom is 0.272 e. The molecule has 3 aromatic rings. The molecule has 2 saturated heterocycles. The van der Waals surface area contributed by atoms with Gasteiger partial charge in [0.15, 0.2) is 5.72 Å². The molecule has 6 rings (SSSR count). The number of carbonyl (C=O) groups excluding carboxylic acids is 3. The first-order valence-electron chi connectivity index (χ1n) is 13.8. The van der Waals surface area contributed by atoms with Crippen molar-refractivity contribution < 1.29 is 28.6 Å². The van der Waals surface area contributed by atoms with Crippen LogP contribution in [0.2, 0.25) is 0 Å². The molecule has 2 aromatic carbocycles. The van der Waals surface area contributed by atoms with Crippen LogP contribution in [0.25, 0.3) is 10.9 Å². The van der Waals surface area contributed by atoms with E-state index in [0.717, 1.165) is 11.1 Å². The number of aromatic nitrogens is 1. The van der Waals surface area contributed by atoms with Crippen LogP contribution < -0.4 is 24.4 Å². The van der Waals surface area contributed by atoms with Crippen molar-refractivity contribution in [2.45, 2.75) is 25.5 Å². The Morgan fingerprint density at radius 2 is 1.66 bits per heavy atom. The molecule has 1 N–H and O–H groups in total. The molecule has 0 bridgehead atoms. The molecule has 3 amide bonds. The molecule has 11 heteroatoms. The zero-order valence-corrected chi connectivity index (χ0v) is 23.4. The molecule has 0 aliphatic carbocycles. The summed E-state index contributed by atoms with van der Waals surface area (Å²) in [5.41, 5.74) is 1.36. The summed E-state index contributed by atoms with van der Waals surface area (Å²) in [5.74, 6) is 1.31. The first kappa shape index (κ1) is 26.7. The molecule has 3 aliphatic heterocycles. The number of piperidine rings is 1. The van der Waals surface area contributed by atoms with Crippen molar-refractivity contribution in [1.82, 2.24) is 20.1 Å². The van der Waals surface area contributed by atoms with Crippen LogP contribution in [0, 0.1) is 0 Å². The average molecular weight is 560 g/mol. The SMILES string of the molecule is COc1cc(C(=O)N2CCC3(CC2)NC(=O)c2cc(N4CCN(C(C)=O)CC4)ccc2O3)nc2c(OC)cccc12. The normalized spacial score (nSPS) is 18.0. The van der Waals surface area contributed by atoms with E-state index in [1.165, 1.54) is 0 Å². The predicted molar refractivity (Wildman–Crippen MR) is 152 cm³/mol. The van der Waals surface area contributed by atoms with Crippen LogP contribution in [0.1, 0.15) is 40.6 Å². The largest absolute Gasteiger partial charge is 0.496 e. The summed E-state index contributed by atoms with van der Waals surface area (Å²) in [6, 6.07) is 12.8. The number of likely N-dealkylation sites (tertiary alicyclic amines) is 1. The standard InChI is InChI=1S/C30H33N5O6/c1-19(36)33-13-15-34(16-14-33)20-7-8-24-22(17-20)28(37)32-30(41-24)9-11-35(12-10-30)29(38)23-18-26(40-3)21-5-4-6-25(39-2)27(21)31-23/h4-8,17-18H,9-16H2,1-3H3,(H,32,37). The Hall–Kier alpha value is -4.54. The van der Waals surface area contributed by atoms with Gasteiger partial charge in [-0.2, -0.15) is 0 Å². The Kier molecular flexibility index (Phi) is 6.80. The zero-order valence-electron chi connectivity index (χ0n) is 23.4. The summed E-state index contributed by atoms with van der Waals surface area (Å²) < 4.78 is 17.4. The highest BCUT2D eigenvalue weighted by Crippen LogP contribution is 2.37. The Labute approximate surface area is 238 Å². The molecule has 0 unspecified atom stereocenters. The molecule has 11 nitrogen and oxygen atoms in total. The highest BCUT2D eigenvalue weighted by atomic mass is 16.5. The van der Waals surface area contributed by atoms with Crippen molar-refractivity contribution in [1.29, 1.82) is 0 Å². The van der Waals surface area contributed by atoms with Gasteiger partial charge in [0.2, 0.25) is 5.91 Å². The van der Waals surface area contributed by atoms with E-state index in [0.29, 0.717) is 80.4 Å². The molecule has 0 radical (unpaired) electrons. The number of rotatable bonds is 4. The number of hydrogen-bond acceptors (Lipinski definition) is 8. The molecule has 0 atom stereocenters. The fourth-order valence-electron chi connectivity index (χ4n) is 5.87. The lowest BCUT2D eigenvalue weighted by Gasteiger charge is -2.44. The number of benzene rings is 2. The van der Waals surface area contributed by atoms with E-state index in [1.807, 2.05) is 35.2 Å². The molecular formula is C30H33N5O6. The van der Waals surface area contributed by atoms with E-state index in [2.05, 4.69) is 15.2 Å². The number of nitrogens with one attached hydrogen (secondary N) is 1. The van der Waals surface area contributed by atoms with Crippen LogP contribution >= 0.6 is 0 Å². The molecule has 3 aliphatic rings. The second-order valence-corrected chi connectivity index (χ2v) is 10.6. The maximum atomic E-state index is 13.5. The molecule has 41 heavy (non-hydrogen) atoms. The summed E-state index contributed by atoms with van der Waals surface area (Å²) in [7, 11) is 3.13. The summed E-state index contributed by atoms with van der Waals surface area (Å²) in [6.07, 6.45) is 0.874. The van der Waals surface area contributed by atoms with Gasteiger partial charge in [-0.25, -0.2) is 4.98 Å². The van der Waals surface area contributed by atoms with Gasteiger partial charge in [-0.05, 0) is 30.3 Å². The number of amides is 3. The first-order valence-corrected chi connectivity index (χ1v) is 13.8. The lowest BCUT2D eigenvalue weighted by molar-refractivity contribution is -0.129. The Bertz CT molecular complexity index is 1530. The third-order valence-electron chi connectivity index (χ3n) is 8.23. The number of hydrogen-bond donors (Lipinski definition) is 1. The number of ether oxygens (including phenoxy) is 3. The van der Waals surface area contributed by atoms with Crippen LogP contribution in [-0.4, -0.2) is 91.7 Å².